The van der Waals surface area contributed by atoms with E-state index in [-0.39, 0.29) is 0 Å². The highest BCUT2D eigenvalue weighted by Crippen LogP contribution is 2.25. The lowest BCUT2D eigenvalue weighted by molar-refractivity contribution is 0.0114. The number of ether oxygens (including phenoxy) is 1. The Morgan fingerprint density at radius 1 is 1.20 bits per heavy atom. The maximum atomic E-state index is 5.44. The first-order valence-electron chi connectivity index (χ1n) is 7.43. The molecule has 2 aliphatic heterocycles. The van der Waals surface area contributed by atoms with Crippen molar-refractivity contribution in [2.75, 3.05) is 44.3 Å². The summed E-state index contributed by atoms with van der Waals surface area (Å²) < 4.78 is 6.50. The molecular weight excluding hydrogens is 318 g/mol. The summed E-state index contributed by atoms with van der Waals surface area (Å²) in [7, 11) is 0. The molecule has 0 unspecified atom stereocenters. The minimum absolute atomic E-state index is 0.728. The topological polar surface area (TPSA) is 28.6 Å². The van der Waals surface area contributed by atoms with Crippen molar-refractivity contribution in [2.45, 2.75) is 25.8 Å². The molecule has 20 heavy (non-hydrogen) atoms. The molecule has 0 aliphatic carbocycles. The van der Waals surface area contributed by atoms with Crippen LogP contribution in [0, 0.1) is 6.92 Å². The number of anilines is 1. The van der Waals surface area contributed by atoms with Crippen molar-refractivity contribution in [3.05, 3.63) is 22.3 Å². The fraction of sp³-hybridized carbons (Fsp3) is 0.667. The molecule has 1 aromatic rings. The molecule has 0 atom stereocenters. The van der Waals surface area contributed by atoms with Gasteiger partial charge >= 0.3 is 0 Å². The summed E-state index contributed by atoms with van der Waals surface area (Å²) in [5, 5.41) is 0. The molecule has 2 saturated heterocycles. The molecule has 5 heteroatoms. The van der Waals surface area contributed by atoms with Crippen LogP contribution in [0.4, 0.5) is 5.82 Å². The Balaban J connectivity index is 1.60. The van der Waals surface area contributed by atoms with Crippen LogP contribution >= 0.6 is 15.9 Å². The number of nitrogens with zero attached hydrogens (tertiary/aromatic N) is 3. The molecule has 110 valence electrons. The van der Waals surface area contributed by atoms with E-state index in [1.54, 1.807) is 0 Å². The number of morpholine rings is 1. The van der Waals surface area contributed by atoms with E-state index in [1.807, 2.05) is 6.20 Å². The van der Waals surface area contributed by atoms with Gasteiger partial charge in [0.2, 0.25) is 0 Å². The molecule has 0 aromatic carbocycles. The third-order valence-electron chi connectivity index (χ3n) is 4.34. The second-order valence-corrected chi connectivity index (χ2v) is 6.58. The summed E-state index contributed by atoms with van der Waals surface area (Å²) in [4.78, 5) is 9.61. The maximum Gasteiger partial charge on any atom is 0.131 e. The minimum atomic E-state index is 0.728. The summed E-state index contributed by atoms with van der Waals surface area (Å²) in [5.41, 5.74) is 1.25. The number of hydrogen-bond acceptors (Lipinski definition) is 4. The van der Waals surface area contributed by atoms with Crippen LogP contribution in [0.2, 0.25) is 0 Å². The van der Waals surface area contributed by atoms with Crippen LogP contribution in [0.3, 0.4) is 0 Å². The lowest BCUT2D eigenvalue weighted by atomic mass is 10.0. The van der Waals surface area contributed by atoms with E-state index < -0.39 is 0 Å². The van der Waals surface area contributed by atoms with E-state index in [0.717, 1.165) is 55.7 Å². The van der Waals surface area contributed by atoms with Crippen molar-refractivity contribution in [3.8, 4) is 0 Å². The van der Waals surface area contributed by atoms with Gasteiger partial charge < -0.3 is 9.64 Å². The van der Waals surface area contributed by atoms with E-state index >= 15 is 0 Å². The highest BCUT2D eigenvalue weighted by molar-refractivity contribution is 9.10. The van der Waals surface area contributed by atoms with E-state index in [4.69, 9.17) is 4.74 Å². The van der Waals surface area contributed by atoms with Crippen molar-refractivity contribution >= 4 is 21.7 Å². The number of hydrogen-bond donors (Lipinski definition) is 0. The number of aryl methyl sites for hydroxylation is 1. The van der Waals surface area contributed by atoms with Gasteiger partial charge in [-0.1, -0.05) is 0 Å². The Bertz CT molecular complexity index is 454. The third-order valence-corrected chi connectivity index (χ3v) is 4.78. The predicted molar refractivity (Wildman–Crippen MR) is 84.3 cm³/mol. The standard InChI is InChI=1S/C15H22BrN3O/c1-12-10-13(16)11-17-15(12)19-4-2-14(3-5-19)18-6-8-20-9-7-18/h10-11,14H,2-9H2,1H3. The Hall–Kier alpha value is -0.650. The molecule has 3 rings (SSSR count). The van der Waals surface area contributed by atoms with Crippen molar-refractivity contribution in [1.82, 2.24) is 9.88 Å². The Kier molecular flexibility index (Phi) is 4.58. The van der Waals surface area contributed by atoms with E-state index in [9.17, 15) is 0 Å². The van der Waals surface area contributed by atoms with Gasteiger partial charge in [0.1, 0.15) is 5.82 Å². The Morgan fingerprint density at radius 2 is 1.90 bits per heavy atom. The molecule has 1 aromatic heterocycles. The first-order chi connectivity index (χ1) is 9.74. The highest BCUT2D eigenvalue weighted by atomic mass is 79.9. The molecule has 3 heterocycles. The summed E-state index contributed by atoms with van der Waals surface area (Å²) in [6.07, 6.45) is 4.37. The molecule has 4 nitrogen and oxygen atoms in total. The van der Waals surface area contributed by atoms with Gasteiger partial charge in [-0.2, -0.15) is 0 Å². The highest BCUT2D eigenvalue weighted by Gasteiger charge is 2.26. The van der Waals surface area contributed by atoms with Gasteiger partial charge in [0.05, 0.1) is 13.2 Å². The summed E-state index contributed by atoms with van der Waals surface area (Å²) in [6, 6.07) is 2.88. The van der Waals surface area contributed by atoms with Gasteiger partial charge in [-0.3, -0.25) is 4.90 Å². The lowest BCUT2D eigenvalue weighted by Crippen LogP contribution is -2.49. The van der Waals surface area contributed by atoms with Crippen LogP contribution in [0.1, 0.15) is 18.4 Å². The van der Waals surface area contributed by atoms with Crippen LogP contribution in [0.15, 0.2) is 16.7 Å². The van der Waals surface area contributed by atoms with E-state index in [1.165, 1.54) is 18.4 Å². The average molecular weight is 340 g/mol. The quantitative estimate of drug-likeness (QED) is 0.827. The van der Waals surface area contributed by atoms with E-state index in [2.05, 4.69) is 43.7 Å². The maximum absolute atomic E-state index is 5.44. The van der Waals surface area contributed by atoms with Crippen LogP contribution in [0.5, 0.6) is 0 Å². The first-order valence-corrected chi connectivity index (χ1v) is 8.22. The summed E-state index contributed by atoms with van der Waals surface area (Å²) in [6.45, 7) is 8.35. The fourth-order valence-electron chi connectivity index (χ4n) is 3.25. The molecular formula is C15H22BrN3O. The molecule has 0 N–H and O–H groups in total. The zero-order chi connectivity index (χ0) is 13.9. The molecule has 0 amide bonds. The fourth-order valence-corrected chi connectivity index (χ4v) is 3.70. The monoisotopic (exact) mass is 339 g/mol. The molecule has 2 aliphatic rings. The zero-order valence-electron chi connectivity index (χ0n) is 12.0. The van der Waals surface area contributed by atoms with Gasteiger partial charge in [-0.05, 0) is 47.3 Å². The number of pyridine rings is 1. The number of piperidine rings is 1. The molecule has 2 fully saturated rings. The predicted octanol–water partition coefficient (Wildman–Crippen LogP) is 2.45. The SMILES string of the molecule is Cc1cc(Br)cnc1N1CCC(N2CCOCC2)CC1. The van der Waals surface area contributed by atoms with Crippen LogP contribution in [-0.2, 0) is 4.74 Å². The normalized spacial score (nSPS) is 22.2. The summed E-state index contributed by atoms with van der Waals surface area (Å²) >= 11 is 3.48. The second kappa shape index (κ2) is 6.41. The first kappa shape index (κ1) is 14.3. The largest absolute Gasteiger partial charge is 0.379 e. The third kappa shape index (κ3) is 3.15. The second-order valence-electron chi connectivity index (χ2n) is 5.66. The van der Waals surface area contributed by atoms with Crippen LogP contribution in [0.25, 0.3) is 0 Å². The van der Waals surface area contributed by atoms with Crippen molar-refractivity contribution in [3.63, 3.8) is 0 Å². The zero-order valence-corrected chi connectivity index (χ0v) is 13.6. The number of rotatable bonds is 2. The van der Waals surface area contributed by atoms with Gasteiger partial charge in [-0.25, -0.2) is 4.98 Å². The van der Waals surface area contributed by atoms with Gasteiger partial charge in [0.25, 0.3) is 0 Å². The molecule has 0 bridgehead atoms. The minimum Gasteiger partial charge on any atom is -0.379 e. The van der Waals surface area contributed by atoms with Crippen LogP contribution in [-0.4, -0.2) is 55.3 Å². The number of halogens is 1. The lowest BCUT2D eigenvalue weighted by Gasteiger charge is -2.40. The Labute approximate surface area is 129 Å². The average Bonchev–Trinajstić information content (AvgIpc) is 2.48. The smallest absolute Gasteiger partial charge is 0.131 e. The molecule has 0 saturated carbocycles. The molecule has 0 radical (unpaired) electrons. The van der Waals surface area contributed by atoms with Crippen molar-refractivity contribution in [2.24, 2.45) is 0 Å². The molecule has 0 spiro atoms. The Morgan fingerprint density at radius 3 is 2.55 bits per heavy atom. The van der Waals surface area contributed by atoms with Crippen LogP contribution < -0.4 is 4.90 Å². The van der Waals surface area contributed by atoms with Gasteiger partial charge in [0, 0.05) is 42.9 Å². The van der Waals surface area contributed by atoms with Gasteiger partial charge in [0.15, 0.2) is 0 Å². The number of aromatic nitrogens is 1. The summed E-state index contributed by atoms with van der Waals surface area (Å²) in [5.74, 6) is 1.15. The van der Waals surface area contributed by atoms with E-state index in [0.29, 0.717) is 0 Å². The van der Waals surface area contributed by atoms with Crippen molar-refractivity contribution < 1.29 is 4.74 Å². The van der Waals surface area contributed by atoms with Crippen molar-refractivity contribution in [1.29, 1.82) is 0 Å². The van der Waals surface area contributed by atoms with Gasteiger partial charge in [-0.15, -0.1) is 0 Å².